The van der Waals surface area contributed by atoms with Gasteiger partial charge >= 0.3 is 0 Å². The average molecular weight is 422 g/mol. The zero-order valence-electron chi connectivity index (χ0n) is 18.3. The average Bonchev–Trinajstić information content (AvgIpc) is 3.47. The second kappa shape index (κ2) is 10.1. The standard InChI is InChI=1S/C23H31N7O/c1-3-24-23(25-13-12-21-27-22(29-28-21)20-7-5-15-31-20)26-18-6-4-14-30(16-18)19-10-8-17(2)9-11-19/h5,7-11,15,18H,3-4,6,12-14,16H2,1-2H3,(H2,24,25,26)(H,27,28,29). The first-order valence-electron chi connectivity index (χ1n) is 11.0. The van der Waals surface area contributed by atoms with Gasteiger partial charge in [-0.25, -0.2) is 4.98 Å². The molecule has 3 N–H and O–H groups in total. The van der Waals surface area contributed by atoms with Crippen LogP contribution in [0.1, 0.15) is 31.2 Å². The van der Waals surface area contributed by atoms with E-state index in [1.165, 1.54) is 17.7 Å². The summed E-state index contributed by atoms with van der Waals surface area (Å²) in [4.78, 5) is 11.7. The van der Waals surface area contributed by atoms with Crippen LogP contribution >= 0.6 is 0 Å². The molecule has 1 aliphatic rings. The van der Waals surface area contributed by atoms with Crippen LogP contribution in [0.2, 0.25) is 0 Å². The molecule has 1 fully saturated rings. The summed E-state index contributed by atoms with van der Waals surface area (Å²) < 4.78 is 5.34. The molecular formula is C23H31N7O. The Bertz CT molecular complexity index is 962. The van der Waals surface area contributed by atoms with Gasteiger partial charge in [0.1, 0.15) is 5.82 Å². The molecule has 1 aromatic carbocycles. The molecule has 2 aromatic heterocycles. The third kappa shape index (κ3) is 5.65. The molecule has 164 valence electrons. The van der Waals surface area contributed by atoms with E-state index in [0.717, 1.165) is 37.8 Å². The number of guanidine groups is 1. The van der Waals surface area contributed by atoms with Crippen LogP contribution in [0.4, 0.5) is 5.69 Å². The van der Waals surface area contributed by atoms with Crippen LogP contribution in [0.25, 0.3) is 11.6 Å². The minimum Gasteiger partial charge on any atom is -0.461 e. The predicted octanol–water partition coefficient (Wildman–Crippen LogP) is 3.14. The summed E-state index contributed by atoms with van der Waals surface area (Å²) >= 11 is 0. The van der Waals surface area contributed by atoms with Crippen LogP contribution in [-0.2, 0) is 6.42 Å². The van der Waals surface area contributed by atoms with E-state index in [0.29, 0.717) is 30.6 Å². The van der Waals surface area contributed by atoms with Gasteiger partial charge in [-0.15, -0.1) is 0 Å². The van der Waals surface area contributed by atoms with Crippen molar-refractivity contribution in [1.29, 1.82) is 0 Å². The van der Waals surface area contributed by atoms with E-state index in [1.807, 2.05) is 12.1 Å². The monoisotopic (exact) mass is 421 g/mol. The summed E-state index contributed by atoms with van der Waals surface area (Å²) in [5, 5.41) is 14.2. The van der Waals surface area contributed by atoms with Gasteiger partial charge in [-0.1, -0.05) is 17.7 Å². The number of furan rings is 1. The van der Waals surface area contributed by atoms with Crippen LogP contribution in [0.5, 0.6) is 0 Å². The fourth-order valence-corrected chi connectivity index (χ4v) is 3.80. The number of aliphatic imine (C=N–C) groups is 1. The van der Waals surface area contributed by atoms with Crippen molar-refractivity contribution in [3.05, 3.63) is 54.0 Å². The Morgan fingerprint density at radius 3 is 2.94 bits per heavy atom. The lowest BCUT2D eigenvalue weighted by molar-refractivity contribution is 0.468. The maximum atomic E-state index is 5.34. The third-order valence-electron chi connectivity index (χ3n) is 5.40. The molecule has 8 nitrogen and oxygen atoms in total. The van der Waals surface area contributed by atoms with E-state index in [2.05, 4.69) is 68.8 Å². The van der Waals surface area contributed by atoms with Crippen LogP contribution in [0.3, 0.4) is 0 Å². The Balaban J connectivity index is 1.32. The number of aromatic amines is 1. The number of nitrogens with one attached hydrogen (secondary N) is 3. The SMILES string of the molecule is CCNC(=NCCc1nc(-c2ccco2)n[nH]1)NC1CCCN(c2ccc(C)cc2)C1. The highest BCUT2D eigenvalue weighted by Gasteiger charge is 2.21. The van der Waals surface area contributed by atoms with Crippen molar-refractivity contribution in [2.24, 2.45) is 4.99 Å². The highest BCUT2D eigenvalue weighted by molar-refractivity contribution is 5.80. The van der Waals surface area contributed by atoms with Crippen molar-refractivity contribution in [3.63, 3.8) is 0 Å². The molecule has 8 heteroatoms. The normalized spacial score (nSPS) is 17.0. The predicted molar refractivity (Wildman–Crippen MR) is 123 cm³/mol. The number of H-pyrrole nitrogens is 1. The first-order valence-corrected chi connectivity index (χ1v) is 11.0. The molecule has 0 radical (unpaired) electrons. The van der Waals surface area contributed by atoms with Gasteiger partial charge in [-0.2, -0.15) is 5.10 Å². The number of benzene rings is 1. The maximum absolute atomic E-state index is 5.34. The number of nitrogens with zero attached hydrogens (tertiary/aromatic N) is 4. The minimum absolute atomic E-state index is 0.365. The summed E-state index contributed by atoms with van der Waals surface area (Å²) in [5.41, 5.74) is 2.58. The zero-order chi connectivity index (χ0) is 21.5. The molecule has 0 amide bonds. The van der Waals surface area contributed by atoms with Crippen molar-refractivity contribution in [1.82, 2.24) is 25.8 Å². The van der Waals surface area contributed by atoms with Crippen molar-refractivity contribution < 1.29 is 4.42 Å². The van der Waals surface area contributed by atoms with Crippen molar-refractivity contribution in [2.45, 2.75) is 39.2 Å². The van der Waals surface area contributed by atoms with Crippen molar-refractivity contribution in [3.8, 4) is 11.6 Å². The number of aromatic nitrogens is 3. The van der Waals surface area contributed by atoms with Gasteiger partial charge in [0, 0.05) is 44.3 Å². The van der Waals surface area contributed by atoms with Crippen molar-refractivity contribution >= 4 is 11.6 Å². The minimum atomic E-state index is 0.365. The summed E-state index contributed by atoms with van der Waals surface area (Å²) in [6, 6.07) is 12.8. The molecule has 1 unspecified atom stereocenters. The summed E-state index contributed by atoms with van der Waals surface area (Å²) in [6.07, 6.45) is 4.61. The van der Waals surface area contributed by atoms with E-state index >= 15 is 0 Å². The number of piperidine rings is 1. The molecule has 0 bridgehead atoms. The molecule has 1 atom stereocenters. The number of aryl methyl sites for hydroxylation is 1. The highest BCUT2D eigenvalue weighted by Crippen LogP contribution is 2.20. The molecule has 1 saturated heterocycles. The maximum Gasteiger partial charge on any atom is 0.216 e. The van der Waals surface area contributed by atoms with E-state index < -0.39 is 0 Å². The van der Waals surface area contributed by atoms with Gasteiger partial charge in [-0.05, 0) is 51.0 Å². The van der Waals surface area contributed by atoms with E-state index in [9.17, 15) is 0 Å². The lowest BCUT2D eigenvalue weighted by atomic mass is 10.0. The molecule has 0 spiro atoms. The highest BCUT2D eigenvalue weighted by atomic mass is 16.3. The van der Waals surface area contributed by atoms with Gasteiger partial charge in [0.15, 0.2) is 11.7 Å². The number of rotatable bonds is 7. The number of hydrogen-bond donors (Lipinski definition) is 3. The van der Waals surface area contributed by atoms with Crippen LogP contribution < -0.4 is 15.5 Å². The molecule has 1 aliphatic heterocycles. The first kappa shape index (κ1) is 21.0. The van der Waals surface area contributed by atoms with Crippen LogP contribution in [0.15, 0.2) is 52.1 Å². The summed E-state index contributed by atoms with van der Waals surface area (Å²) in [7, 11) is 0. The second-order valence-electron chi connectivity index (χ2n) is 7.86. The Hall–Kier alpha value is -3.29. The fourth-order valence-electron chi connectivity index (χ4n) is 3.80. The smallest absolute Gasteiger partial charge is 0.216 e. The molecule has 0 aliphatic carbocycles. The van der Waals surface area contributed by atoms with E-state index in [4.69, 9.17) is 9.41 Å². The number of hydrogen-bond acceptors (Lipinski definition) is 5. The Kier molecular flexibility index (Phi) is 6.86. The van der Waals surface area contributed by atoms with Gasteiger partial charge in [0.05, 0.1) is 6.26 Å². The summed E-state index contributed by atoms with van der Waals surface area (Å²) in [5.74, 6) is 2.89. The summed E-state index contributed by atoms with van der Waals surface area (Å²) in [6.45, 7) is 7.73. The molecular weight excluding hydrogens is 390 g/mol. The Labute approximate surface area is 183 Å². The van der Waals surface area contributed by atoms with Gasteiger partial charge < -0.3 is 20.0 Å². The van der Waals surface area contributed by atoms with Crippen LogP contribution in [-0.4, -0.2) is 53.4 Å². The zero-order valence-corrected chi connectivity index (χ0v) is 18.3. The molecule has 0 saturated carbocycles. The van der Waals surface area contributed by atoms with Gasteiger partial charge in [-0.3, -0.25) is 10.1 Å². The first-order chi connectivity index (χ1) is 15.2. The largest absolute Gasteiger partial charge is 0.461 e. The Morgan fingerprint density at radius 1 is 1.29 bits per heavy atom. The molecule has 3 heterocycles. The molecule has 31 heavy (non-hydrogen) atoms. The van der Waals surface area contributed by atoms with Crippen molar-refractivity contribution in [2.75, 3.05) is 31.1 Å². The molecule has 3 aromatic rings. The fraction of sp³-hybridized carbons (Fsp3) is 0.435. The lowest BCUT2D eigenvalue weighted by Crippen LogP contribution is -2.51. The second-order valence-corrected chi connectivity index (χ2v) is 7.86. The Morgan fingerprint density at radius 2 is 2.16 bits per heavy atom. The topological polar surface area (TPSA) is 94.4 Å². The lowest BCUT2D eigenvalue weighted by Gasteiger charge is -2.35. The van der Waals surface area contributed by atoms with E-state index in [-0.39, 0.29) is 0 Å². The van der Waals surface area contributed by atoms with Gasteiger partial charge in [0.2, 0.25) is 5.82 Å². The van der Waals surface area contributed by atoms with Gasteiger partial charge in [0.25, 0.3) is 0 Å². The quantitative estimate of drug-likeness (QED) is 0.401. The van der Waals surface area contributed by atoms with E-state index in [1.54, 1.807) is 6.26 Å². The molecule has 4 rings (SSSR count). The van der Waals surface area contributed by atoms with Crippen LogP contribution in [0, 0.1) is 6.92 Å². The third-order valence-corrected chi connectivity index (χ3v) is 5.40. The number of anilines is 1.